The number of rotatable bonds is 1. The second-order valence-corrected chi connectivity index (χ2v) is 5.94. The molecule has 1 aliphatic heterocycles. The van der Waals surface area contributed by atoms with Gasteiger partial charge in [0.2, 0.25) is 0 Å². The van der Waals surface area contributed by atoms with Crippen molar-refractivity contribution < 1.29 is 4.39 Å². The van der Waals surface area contributed by atoms with Crippen LogP contribution in [0.3, 0.4) is 0 Å². The smallest absolute Gasteiger partial charge is 0.127 e. The zero-order valence-electron chi connectivity index (χ0n) is 10.8. The van der Waals surface area contributed by atoms with E-state index >= 15 is 0 Å². The van der Waals surface area contributed by atoms with Crippen molar-refractivity contribution in [2.24, 2.45) is 5.41 Å². The van der Waals surface area contributed by atoms with E-state index in [4.69, 9.17) is 5.73 Å². The quantitative estimate of drug-likeness (QED) is 0.770. The van der Waals surface area contributed by atoms with Crippen molar-refractivity contribution in [2.45, 2.75) is 38.5 Å². The van der Waals surface area contributed by atoms with Crippen molar-refractivity contribution in [1.82, 2.24) is 0 Å². The molecule has 2 fully saturated rings. The number of benzene rings is 1. The molecule has 98 valence electrons. The molecule has 1 aromatic rings. The first-order valence-electron chi connectivity index (χ1n) is 6.98. The highest BCUT2D eigenvalue weighted by Crippen LogP contribution is 2.46. The summed E-state index contributed by atoms with van der Waals surface area (Å²) in [5.41, 5.74) is 7.79. The lowest BCUT2D eigenvalue weighted by molar-refractivity contribution is 0.226. The minimum atomic E-state index is -0.230. The largest absolute Gasteiger partial charge is 0.399 e. The molecular formula is C15H21FN2. The van der Waals surface area contributed by atoms with Crippen molar-refractivity contribution in [3.8, 4) is 0 Å². The predicted octanol–water partition coefficient (Wildman–Crippen LogP) is 3.57. The molecule has 0 bridgehead atoms. The average molecular weight is 248 g/mol. The van der Waals surface area contributed by atoms with Crippen molar-refractivity contribution in [2.75, 3.05) is 23.7 Å². The first-order valence-corrected chi connectivity index (χ1v) is 6.98. The van der Waals surface area contributed by atoms with Gasteiger partial charge in [-0.15, -0.1) is 0 Å². The number of nitrogens with zero attached hydrogens (tertiary/aromatic N) is 1. The van der Waals surface area contributed by atoms with Gasteiger partial charge in [-0.25, -0.2) is 4.39 Å². The lowest BCUT2D eigenvalue weighted by Gasteiger charge is -2.40. The van der Waals surface area contributed by atoms with E-state index in [1.165, 1.54) is 44.6 Å². The second-order valence-electron chi connectivity index (χ2n) is 5.94. The van der Waals surface area contributed by atoms with E-state index < -0.39 is 0 Å². The van der Waals surface area contributed by atoms with Crippen LogP contribution in [0, 0.1) is 11.2 Å². The Balaban J connectivity index is 1.72. The Bertz CT molecular complexity index is 408. The van der Waals surface area contributed by atoms with Crippen molar-refractivity contribution in [1.29, 1.82) is 0 Å². The van der Waals surface area contributed by atoms with E-state index in [9.17, 15) is 4.39 Å². The van der Waals surface area contributed by atoms with Crippen molar-refractivity contribution in [3.63, 3.8) is 0 Å². The normalized spacial score (nSPS) is 22.6. The van der Waals surface area contributed by atoms with Gasteiger partial charge in [0.1, 0.15) is 5.82 Å². The fraction of sp³-hybridized carbons (Fsp3) is 0.600. The van der Waals surface area contributed by atoms with Crippen LogP contribution in [0.2, 0.25) is 0 Å². The molecule has 2 nitrogen and oxygen atoms in total. The number of hydrogen-bond donors (Lipinski definition) is 1. The molecule has 0 amide bonds. The van der Waals surface area contributed by atoms with Gasteiger partial charge in [-0.2, -0.15) is 0 Å². The minimum absolute atomic E-state index is 0.230. The molecule has 0 unspecified atom stereocenters. The lowest BCUT2D eigenvalue weighted by Crippen LogP contribution is -2.38. The van der Waals surface area contributed by atoms with Gasteiger partial charge >= 0.3 is 0 Å². The summed E-state index contributed by atoms with van der Waals surface area (Å²) >= 11 is 0. The van der Waals surface area contributed by atoms with Crippen LogP contribution in [-0.4, -0.2) is 13.1 Å². The Morgan fingerprint density at radius 2 is 1.67 bits per heavy atom. The number of anilines is 2. The highest BCUT2D eigenvalue weighted by Gasteiger charge is 2.36. The molecule has 1 saturated carbocycles. The molecule has 2 N–H and O–H groups in total. The molecule has 1 saturated heterocycles. The van der Waals surface area contributed by atoms with Crippen LogP contribution in [0.25, 0.3) is 0 Å². The summed E-state index contributed by atoms with van der Waals surface area (Å²) in [6, 6.07) is 4.87. The van der Waals surface area contributed by atoms with Gasteiger partial charge in [0.05, 0.1) is 0 Å². The molecule has 3 rings (SSSR count). The van der Waals surface area contributed by atoms with Crippen LogP contribution >= 0.6 is 0 Å². The summed E-state index contributed by atoms with van der Waals surface area (Å²) < 4.78 is 13.4. The summed E-state index contributed by atoms with van der Waals surface area (Å²) in [6.07, 6.45) is 8.09. The third-order valence-corrected chi connectivity index (χ3v) is 4.76. The zero-order valence-corrected chi connectivity index (χ0v) is 10.8. The molecule has 3 heteroatoms. The predicted molar refractivity (Wildman–Crippen MR) is 73.2 cm³/mol. The van der Waals surface area contributed by atoms with Gasteiger partial charge in [-0.1, -0.05) is 12.8 Å². The van der Waals surface area contributed by atoms with Crippen molar-refractivity contribution in [3.05, 3.63) is 24.0 Å². The molecule has 0 radical (unpaired) electrons. The number of hydrogen-bond acceptors (Lipinski definition) is 2. The van der Waals surface area contributed by atoms with Gasteiger partial charge in [0, 0.05) is 24.5 Å². The molecule has 18 heavy (non-hydrogen) atoms. The van der Waals surface area contributed by atoms with Gasteiger partial charge in [0.25, 0.3) is 0 Å². The molecule has 0 atom stereocenters. The zero-order chi connectivity index (χ0) is 12.6. The molecule has 1 aliphatic carbocycles. The Morgan fingerprint density at radius 3 is 2.28 bits per heavy atom. The third kappa shape index (κ3) is 2.18. The topological polar surface area (TPSA) is 29.3 Å². The Hall–Kier alpha value is -1.25. The van der Waals surface area contributed by atoms with Gasteiger partial charge in [-0.05, 0) is 49.3 Å². The molecular weight excluding hydrogens is 227 g/mol. The summed E-state index contributed by atoms with van der Waals surface area (Å²) in [6.45, 7) is 2.09. The number of nitrogens with two attached hydrogens (primary N) is 1. The number of nitrogen functional groups attached to an aromatic ring is 1. The van der Waals surface area contributed by atoms with E-state index in [-0.39, 0.29) is 5.82 Å². The first-order chi connectivity index (χ1) is 8.67. The van der Waals surface area contributed by atoms with Crippen LogP contribution in [0.15, 0.2) is 18.2 Å². The average Bonchev–Trinajstić information content (AvgIpc) is 2.77. The second kappa shape index (κ2) is 4.45. The van der Waals surface area contributed by atoms with Crippen LogP contribution in [-0.2, 0) is 0 Å². The first kappa shape index (κ1) is 11.8. The Labute approximate surface area is 108 Å². The summed E-state index contributed by atoms with van der Waals surface area (Å²) in [5.74, 6) is -0.230. The van der Waals surface area contributed by atoms with Crippen LogP contribution in [0.1, 0.15) is 38.5 Å². The van der Waals surface area contributed by atoms with Gasteiger partial charge in [0.15, 0.2) is 0 Å². The SMILES string of the molecule is Nc1cc(F)cc(N2CCC3(CCCC3)CC2)c1. The summed E-state index contributed by atoms with van der Waals surface area (Å²) in [7, 11) is 0. The van der Waals surface area contributed by atoms with E-state index in [1.54, 1.807) is 6.07 Å². The van der Waals surface area contributed by atoms with E-state index in [1.807, 2.05) is 6.07 Å². The Kier molecular flexibility index (Phi) is 2.92. The molecule has 1 heterocycles. The van der Waals surface area contributed by atoms with E-state index in [2.05, 4.69) is 4.90 Å². The van der Waals surface area contributed by atoms with Gasteiger partial charge < -0.3 is 10.6 Å². The molecule has 2 aliphatic rings. The fourth-order valence-electron chi connectivity index (χ4n) is 3.64. The fourth-order valence-corrected chi connectivity index (χ4v) is 3.64. The highest BCUT2D eigenvalue weighted by atomic mass is 19.1. The number of piperidine rings is 1. The van der Waals surface area contributed by atoms with Crippen LogP contribution < -0.4 is 10.6 Å². The maximum Gasteiger partial charge on any atom is 0.127 e. The molecule has 1 spiro atoms. The van der Waals surface area contributed by atoms with Crippen LogP contribution in [0.5, 0.6) is 0 Å². The molecule has 1 aromatic carbocycles. The number of halogens is 1. The van der Waals surface area contributed by atoms with E-state index in [0.717, 1.165) is 18.8 Å². The maximum absolute atomic E-state index is 13.4. The third-order valence-electron chi connectivity index (χ3n) is 4.76. The van der Waals surface area contributed by atoms with Crippen LogP contribution in [0.4, 0.5) is 15.8 Å². The minimum Gasteiger partial charge on any atom is -0.399 e. The van der Waals surface area contributed by atoms with Gasteiger partial charge in [-0.3, -0.25) is 0 Å². The monoisotopic (exact) mass is 248 g/mol. The maximum atomic E-state index is 13.4. The van der Waals surface area contributed by atoms with E-state index in [0.29, 0.717) is 11.1 Å². The standard InChI is InChI=1S/C15H21FN2/c16-12-9-13(17)11-14(10-12)18-7-5-15(6-8-18)3-1-2-4-15/h9-11H,1-8,17H2. The lowest BCUT2D eigenvalue weighted by atomic mass is 9.77. The Morgan fingerprint density at radius 1 is 1.00 bits per heavy atom. The summed E-state index contributed by atoms with van der Waals surface area (Å²) in [5, 5.41) is 0. The molecule has 0 aromatic heterocycles. The highest BCUT2D eigenvalue weighted by molar-refractivity contribution is 5.56. The summed E-state index contributed by atoms with van der Waals surface area (Å²) in [4.78, 5) is 2.28. The van der Waals surface area contributed by atoms with Crippen molar-refractivity contribution >= 4 is 11.4 Å².